The van der Waals surface area contributed by atoms with E-state index in [0.717, 1.165) is 4.57 Å². The summed E-state index contributed by atoms with van der Waals surface area (Å²) in [6.45, 7) is -1.18. The van der Waals surface area contributed by atoms with E-state index in [1.165, 1.54) is 12.3 Å². The van der Waals surface area contributed by atoms with Crippen LogP contribution in [0.25, 0.3) is 0 Å². The summed E-state index contributed by atoms with van der Waals surface area (Å²) in [5.41, 5.74) is -2.40. The van der Waals surface area contributed by atoms with Gasteiger partial charge >= 0.3 is 0 Å². The molecule has 9 heteroatoms. The molecule has 2 heterocycles. The number of nitrogens with zero attached hydrogens (tertiary/aromatic N) is 1. The standard InChI is InChI=1S/C11H11FN2O4S2/c1-2-10(17)7(16)11(12,5-15)18-8(10)14-4-3-6(19)13-9(14)20/h1,3-4,7-8,15-17H,5H2,(H,13,19,20)/t7?,8-,10-,11-/m1/s1. The Hall–Kier alpha value is -1.15. The molecule has 2 rings (SSSR count). The van der Waals surface area contributed by atoms with E-state index in [9.17, 15) is 14.6 Å². The van der Waals surface area contributed by atoms with E-state index in [4.69, 9.17) is 40.7 Å². The first-order chi connectivity index (χ1) is 9.28. The summed E-state index contributed by atoms with van der Waals surface area (Å²) in [6.07, 6.45) is 2.86. The molecular formula is C11H11FN2O4S2. The Bertz CT molecular complexity index is 684. The average molecular weight is 318 g/mol. The van der Waals surface area contributed by atoms with Crippen LogP contribution in [0, 0.1) is 21.8 Å². The molecule has 6 nitrogen and oxygen atoms in total. The molecule has 0 aliphatic carbocycles. The average Bonchev–Trinajstić information content (AvgIpc) is 2.62. The fraction of sp³-hybridized carbons (Fsp3) is 0.455. The third kappa shape index (κ3) is 2.10. The number of nitrogens with one attached hydrogen (secondary N) is 1. The van der Waals surface area contributed by atoms with E-state index in [1.807, 2.05) is 5.92 Å². The van der Waals surface area contributed by atoms with Crippen LogP contribution in [-0.4, -0.2) is 49.0 Å². The molecule has 1 fully saturated rings. The lowest BCUT2D eigenvalue weighted by molar-refractivity contribution is -0.207. The van der Waals surface area contributed by atoms with Crippen LogP contribution in [0.4, 0.5) is 4.39 Å². The van der Waals surface area contributed by atoms with E-state index in [2.05, 4.69) is 4.98 Å². The summed E-state index contributed by atoms with van der Waals surface area (Å²) < 4.78 is 20.6. The van der Waals surface area contributed by atoms with Gasteiger partial charge in [-0.15, -0.1) is 6.42 Å². The fourth-order valence-corrected chi connectivity index (χ4v) is 2.45. The van der Waals surface area contributed by atoms with Crippen molar-refractivity contribution in [3.63, 3.8) is 0 Å². The molecule has 1 unspecified atom stereocenters. The molecule has 1 aromatic heterocycles. The summed E-state index contributed by atoms with van der Waals surface area (Å²) in [7, 11) is 0. The molecule has 108 valence electrons. The first kappa shape index (κ1) is 15.2. The predicted octanol–water partition coefficient (Wildman–Crippen LogP) is 0.187. The quantitative estimate of drug-likeness (QED) is 0.460. The second-order valence-electron chi connectivity index (χ2n) is 4.30. The van der Waals surface area contributed by atoms with Crippen molar-refractivity contribution >= 4 is 24.4 Å². The topological polar surface area (TPSA) is 90.6 Å². The molecule has 0 spiro atoms. The van der Waals surface area contributed by atoms with Crippen LogP contribution < -0.4 is 0 Å². The van der Waals surface area contributed by atoms with Crippen molar-refractivity contribution in [3.8, 4) is 12.3 Å². The van der Waals surface area contributed by atoms with Gasteiger partial charge in [-0.2, -0.15) is 0 Å². The highest BCUT2D eigenvalue weighted by Gasteiger charge is 2.64. The summed E-state index contributed by atoms with van der Waals surface area (Å²) in [6, 6.07) is 1.43. The number of aromatic amines is 1. The molecule has 4 atom stereocenters. The molecule has 0 amide bonds. The van der Waals surface area contributed by atoms with Crippen LogP contribution in [0.1, 0.15) is 6.23 Å². The molecule has 0 radical (unpaired) electrons. The third-order valence-corrected chi connectivity index (χ3v) is 3.61. The number of rotatable bonds is 2. The first-order valence-corrected chi connectivity index (χ1v) is 6.27. The maximum absolute atomic E-state index is 14.2. The zero-order valence-electron chi connectivity index (χ0n) is 9.99. The number of ether oxygens (including phenoxy) is 1. The number of H-pyrrole nitrogens is 1. The summed E-state index contributed by atoms with van der Waals surface area (Å²) in [5.74, 6) is -1.00. The lowest BCUT2D eigenvalue weighted by Crippen LogP contribution is -2.49. The Morgan fingerprint density at radius 2 is 2.25 bits per heavy atom. The van der Waals surface area contributed by atoms with Crippen molar-refractivity contribution in [1.82, 2.24) is 9.55 Å². The van der Waals surface area contributed by atoms with Crippen molar-refractivity contribution in [1.29, 1.82) is 0 Å². The van der Waals surface area contributed by atoms with Crippen LogP contribution in [0.3, 0.4) is 0 Å². The van der Waals surface area contributed by atoms with Crippen LogP contribution in [-0.2, 0) is 4.74 Å². The van der Waals surface area contributed by atoms with Gasteiger partial charge in [0.25, 0.3) is 5.85 Å². The monoisotopic (exact) mass is 318 g/mol. The molecule has 1 saturated heterocycles. The largest absolute Gasteiger partial charge is 0.390 e. The molecule has 0 saturated carbocycles. The minimum Gasteiger partial charge on any atom is -0.390 e. The van der Waals surface area contributed by atoms with Gasteiger partial charge in [0, 0.05) is 6.20 Å². The number of hydrogen-bond acceptors (Lipinski definition) is 6. The van der Waals surface area contributed by atoms with Crippen molar-refractivity contribution in [2.45, 2.75) is 23.8 Å². The summed E-state index contributed by atoms with van der Waals surface area (Å²) in [4.78, 5) is 2.60. The number of aliphatic hydroxyl groups is 3. The number of hydrogen-bond donors (Lipinski definition) is 4. The van der Waals surface area contributed by atoms with Gasteiger partial charge in [-0.1, -0.05) is 18.1 Å². The maximum Gasteiger partial charge on any atom is 0.264 e. The highest BCUT2D eigenvalue weighted by Crippen LogP contribution is 2.44. The molecule has 1 aromatic rings. The van der Waals surface area contributed by atoms with Crippen molar-refractivity contribution in [3.05, 3.63) is 21.7 Å². The van der Waals surface area contributed by atoms with Gasteiger partial charge in [-0.25, -0.2) is 4.39 Å². The van der Waals surface area contributed by atoms with Crippen molar-refractivity contribution in [2.24, 2.45) is 0 Å². The number of aromatic nitrogens is 2. The maximum atomic E-state index is 14.2. The zero-order chi connectivity index (χ0) is 15.1. The van der Waals surface area contributed by atoms with E-state index in [1.54, 1.807) is 0 Å². The molecule has 0 aromatic carbocycles. The van der Waals surface area contributed by atoms with Crippen LogP contribution >= 0.6 is 24.4 Å². The number of aliphatic hydroxyl groups excluding tert-OH is 2. The van der Waals surface area contributed by atoms with E-state index < -0.39 is 30.4 Å². The lowest BCUT2D eigenvalue weighted by Gasteiger charge is -2.26. The van der Waals surface area contributed by atoms with E-state index >= 15 is 0 Å². The Morgan fingerprint density at radius 3 is 2.75 bits per heavy atom. The van der Waals surface area contributed by atoms with Gasteiger partial charge in [0.2, 0.25) is 5.60 Å². The SMILES string of the molecule is C#C[C@@]1(O)C(O)[C@@](F)(CO)O[C@H]1n1ccc(=S)[nH]c1=S. The first-order valence-electron chi connectivity index (χ1n) is 5.46. The van der Waals surface area contributed by atoms with Gasteiger partial charge in [0.15, 0.2) is 17.1 Å². The summed E-state index contributed by atoms with van der Waals surface area (Å²) in [5, 5.41) is 29.1. The molecule has 1 aliphatic heterocycles. The van der Waals surface area contributed by atoms with Crippen molar-refractivity contribution in [2.75, 3.05) is 6.61 Å². The van der Waals surface area contributed by atoms with Gasteiger partial charge < -0.3 is 25.0 Å². The Morgan fingerprint density at radius 1 is 1.60 bits per heavy atom. The Balaban J connectivity index is 2.59. The number of terminal acetylenes is 1. The molecule has 4 N–H and O–H groups in total. The normalized spacial score (nSPS) is 36.8. The third-order valence-electron chi connectivity index (χ3n) is 3.06. The van der Waals surface area contributed by atoms with Crippen LogP contribution in [0.2, 0.25) is 0 Å². The second-order valence-corrected chi connectivity index (χ2v) is 5.13. The van der Waals surface area contributed by atoms with Gasteiger partial charge in [-0.3, -0.25) is 4.57 Å². The van der Waals surface area contributed by atoms with Gasteiger partial charge in [-0.05, 0) is 18.3 Å². The smallest absolute Gasteiger partial charge is 0.264 e. The minimum absolute atomic E-state index is 0.0190. The molecular weight excluding hydrogens is 307 g/mol. The Kier molecular flexibility index (Phi) is 3.81. The minimum atomic E-state index is -2.90. The van der Waals surface area contributed by atoms with E-state index in [0.29, 0.717) is 4.64 Å². The lowest BCUT2D eigenvalue weighted by atomic mass is 9.94. The highest BCUT2D eigenvalue weighted by atomic mass is 32.1. The van der Waals surface area contributed by atoms with Gasteiger partial charge in [0.05, 0.1) is 0 Å². The van der Waals surface area contributed by atoms with Gasteiger partial charge in [0.1, 0.15) is 11.2 Å². The second kappa shape index (κ2) is 5.00. The predicted molar refractivity (Wildman–Crippen MR) is 71.3 cm³/mol. The molecule has 0 bridgehead atoms. The Labute approximate surface area is 123 Å². The van der Waals surface area contributed by atoms with E-state index in [-0.39, 0.29) is 4.77 Å². The fourth-order valence-electron chi connectivity index (χ4n) is 1.96. The van der Waals surface area contributed by atoms with Crippen LogP contribution in [0.5, 0.6) is 0 Å². The molecule has 20 heavy (non-hydrogen) atoms. The highest BCUT2D eigenvalue weighted by molar-refractivity contribution is 7.72. The summed E-state index contributed by atoms with van der Waals surface area (Å²) >= 11 is 9.86. The number of alkyl halides is 1. The van der Waals surface area contributed by atoms with Crippen molar-refractivity contribution < 1.29 is 24.4 Å². The van der Waals surface area contributed by atoms with Crippen LogP contribution in [0.15, 0.2) is 12.3 Å². The molecule has 1 aliphatic rings. The zero-order valence-corrected chi connectivity index (χ0v) is 11.6. The number of halogens is 1.